The topological polar surface area (TPSA) is 194 Å². The van der Waals surface area contributed by atoms with E-state index in [0.29, 0.717) is 0 Å². The van der Waals surface area contributed by atoms with E-state index in [2.05, 4.69) is 16.0 Å². The zero-order chi connectivity index (χ0) is 24.5. The lowest BCUT2D eigenvalue weighted by Crippen LogP contribution is -2.59. The molecule has 0 aromatic heterocycles. The number of hydrogen-bond acceptors (Lipinski definition) is 6. The minimum atomic E-state index is -1.39. The highest BCUT2D eigenvalue weighted by molar-refractivity contribution is 5.96. The predicted molar refractivity (Wildman–Crippen MR) is 114 cm³/mol. The average Bonchev–Trinajstić information content (AvgIpc) is 2.62. The van der Waals surface area contributed by atoms with Crippen molar-refractivity contribution in [1.29, 1.82) is 0 Å². The number of carbonyl (C=O) groups is 5. The second kappa shape index (κ2) is 12.9. The van der Waals surface area contributed by atoms with Crippen LogP contribution in [-0.2, 0) is 24.0 Å². The van der Waals surface area contributed by atoms with Crippen LogP contribution in [0.25, 0.3) is 0 Å². The lowest BCUT2D eigenvalue weighted by Gasteiger charge is -2.27. The molecule has 0 aromatic carbocycles. The zero-order valence-electron chi connectivity index (χ0n) is 19.1. The Hall–Kier alpha value is -2.69. The smallest absolute Gasteiger partial charge is 0.326 e. The quantitative estimate of drug-likeness (QED) is 0.212. The molecule has 178 valence electrons. The van der Waals surface area contributed by atoms with Gasteiger partial charge in [0.1, 0.15) is 18.1 Å². The van der Waals surface area contributed by atoms with E-state index >= 15 is 0 Å². The van der Waals surface area contributed by atoms with Crippen molar-refractivity contribution in [2.45, 2.75) is 78.6 Å². The van der Waals surface area contributed by atoms with Gasteiger partial charge in [-0.05, 0) is 24.2 Å². The highest BCUT2D eigenvalue weighted by Gasteiger charge is 2.32. The first-order chi connectivity index (χ1) is 14.2. The Balaban J connectivity index is 5.47. The molecule has 0 saturated heterocycles. The molecule has 11 heteroatoms. The largest absolute Gasteiger partial charge is 0.480 e. The van der Waals surface area contributed by atoms with E-state index < -0.39 is 60.2 Å². The summed E-state index contributed by atoms with van der Waals surface area (Å²) in [7, 11) is 0. The van der Waals surface area contributed by atoms with Crippen molar-refractivity contribution < 1.29 is 29.1 Å². The molecule has 4 unspecified atom stereocenters. The highest BCUT2D eigenvalue weighted by Crippen LogP contribution is 2.08. The van der Waals surface area contributed by atoms with Crippen LogP contribution in [0.5, 0.6) is 0 Å². The van der Waals surface area contributed by atoms with Gasteiger partial charge in [-0.15, -0.1) is 0 Å². The van der Waals surface area contributed by atoms with E-state index in [1.165, 1.54) is 0 Å². The van der Waals surface area contributed by atoms with E-state index in [0.717, 1.165) is 0 Å². The first-order valence-electron chi connectivity index (χ1n) is 10.3. The molecule has 11 nitrogen and oxygen atoms in total. The summed E-state index contributed by atoms with van der Waals surface area (Å²) < 4.78 is 0. The Morgan fingerprint density at radius 3 is 1.68 bits per heavy atom. The molecular weight excluding hydrogens is 406 g/mol. The van der Waals surface area contributed by atoms with Crippen molar-refractivity contribution in [2.75, 3.05) is 0 Å². The predicted octanol–water partition coefficient (Wildman–Crippen LogP) is -0.914. The number of nitrogens with two attached hydrogens (primary N) is 2. The van der Waals surface area contributed by atoms with Gasteiger partial charge in [-0.3, -0.25) is 19.2 Å². The van der Waals surface area contributed by atoms with Gasteiger partial charge in [0.05, 0.1) is 12.5 Å². The molecule has 0 heterocycles. The maximum atomic E-state index is 12.8. The number of carbonyl (C=O) groups excluding carboxylic acids is 4. The molecule has 0 aliphatic carbocycles. The molecule has 0 saturated carbocycles. The SMILES string of the molecule is CC(C)CC(NC(=O)C(CC(N)=O)NC(=O)C(NC(=O)C(N)C(C)C)C(C)C)C(=O)O. The Morgan fingerprint density at radius 1 is 0.774 bits per heavy atom. The van der Waals surface area contributed by atoms with E-state index in [4.69, 9.17) is 11.5 Å². The number of nitrogens with one attached hydrogen (secondary N) is 3. The van der Waals surface area contributed by atoms with Crippen LogP contribution in [0.2, 0.25) is 0 Å². The number of hydrogen-bond donors (Lipinski definition) is 6. The van der Waals surface area contributed by atoms with Crippen LogP contribution < -0.4 is 27.4 Å². The second-order valence-electron chi connectivity index (χ2n) is 8.76. The van der Waals surface area contributed by atoms with Crippen molar-refractivity contribution in [3.8, 4) is 0 Å². The van der Waals surface area contributed by atoms with Gasteiger partial charge in [0.2, 0.25) is 23.6 Å². The van der Waals surface area contributed by atoms with Gasteiger partial charge >= 0.3 is 5.97 Å². The summed E-state index contributed by atoms with van der Waals surface area (Å²) in [5, 5.41) is 16.6. The van der Waals surface area contributed by atoms with Crippen LogP contribution >= 0.6 is 0 Å². The van der Waals surface area contributed by atoms with E-state index in [9.17, 15) is 29.1 Å². The van der Waals surface area contributed by atoms with Crippen LogP contribution in [0.15, 0.2) is 0 Å². The Morgan fingerprint density at radius 2 is 1.29 bits per heavy atom. The van der Waals surface area contributed by atoms with E-state index in [-0.39, 0.29) is 24.2 Å². The number of carboxylic acid groups (broad SMARTS) is 1. The molecule has 0 aliphatic heterocycles. The lowest BCUT2D eigenvalue weighted by molar-refractivity contribution is -0.143. The zero-order valence-corrected chi connectivity index (χ0v) is 19.1. The van der Waals surface area contributed by atoms with E-state index in [1.807, 2.05) is 0 Å². The van der Waals surface area contributed by atoms with E-state index in [1.54, 1.807) is 41.5 Å². The molecule has 0 radical (unpaired) electrons. The maximum Gasteiger partial charge on any atom is 0.326 e. The molecule has 4 amide bonds. The summed E-state index contributed by atoms with van der Waals surface area (Å²) >= 11 is 0. The molecule has 0 aliphatic rings. The third kappa shape index (κ3) is 10.3. The van der Waals surface area contributed by atoms with Crippen LogP contribution in [-0.4, -0.2) is 58.9 Å². The Labute approximate surface area is 183 Å². The van der Waals surface area contributed by atoms with Crippen LogP contribution in [0.4, 0.5) is 0 Å². The van der Waals surface area contributed by atoms with Gasteiger partial charge in [0, 0.05) is 0 Å². The molecule has 31 heavy (non-hydrogen) atoms. The van der Waals surface area contributed by atoms with Crippen LogP contribution in [0.1, 0.15) is 54.4 Å². The normalized spacial score (nSPS) is 15.2. The van der Waals surface area contributed by atoms with Gasteiger partial charge in [-0.2, -0.15) is 0 Å². The first kappa shape index (κ1) is 28.3. The Bertz CT molecular complexity index is 664. The number of amides is 4. The fourth-order valence-corrected chi connectivity index (χ4v) is 2.72. The molecule has 4 atom stereocenters. The van der Waals surface area contributed by atoms with Gasteiger partial charge < -0.3 is 32.5 Å². The average molecular weight is 444 g/mol. The molecule has 0 rings (SSSR count). The minimum Gasteiger partial charge on any atom is -0.480 e. The summed E-state index contributed by atoms with van der Waals surface area (Å²) in [6.45, 7) is 10.5. The second-order valence-corrected chi connectivity index (χ2v) is 8.76. The highest BCUT2D eigenvalue weighted by atomic mass is 16.4. The fourth-order valence-electron chi connectivity index (χ4n) is 2.72. The summed E-state index contributed by atoms with van der Waals surface area (Å²) in [5.41, 5.74) is 11.0. The summed E-state index contributed by atoms with van der Waals surface area (Å²) in [5.74, 6) is -4.71. The lowest BCUT2D eigenvalue weighted by atomic mass is 9.99. The third-order valence-corrected chi connectivity index (χ3v) is 4.63. The van der Waals surface area contributed by atoms with Gasteiger partial charge in [0.25, 0.3) is 0 Å². The first-order valence-corrected chi connectivity index (χ1v) is 10.3. The molecule has 0 aromatic rings. The summed E-state index contributed by atoms with van der Waals surface area (Å²) in [6.07, 6.45) is -0.369. The van der Waals surface area contributed by atoms with Gasteiger partial charge in [-0.25, -0.2) is 4.79 Å². The molecule has 0 spiro atoms. The number of aliphatic carboxylic acids is 1. The monoisotopic (exact) mass is 443 g/mol. The molecular formula is C20H37N5O6. The maximum absolute atomic E-state index is 12.8. The summed E-state index contributed by atoms with van der Waals surface area (Å²) in [6, 6.07) is -4.43. The molecule has 0 bridgehead atoms. The van der Waals surface area contributed by atoms with Crippen molar-refractivity contribution in [2.24, 2.45) is 29.2 Å². The molecule has 8 N–H and O–H groups in total. The number of carboxylic acids is 1. The van der Waals surface area contributed by atoms with Crippen LogP contribution in [0.3, 0.4) is 0 Å². The fraction of sp³-hybridized carbons (Fsp3) is 0.750. The van der Waals surface area contributed by atoms with Crippen molar-refractivity contribution in [1.82, 2.24) is 16.0 Å². The summed E-state index contributed by atoms with van der Waals surface area (Å²) in [4.78, 5) is 60.5. The number of primary amides is 1. The number of rotatable bonds is 13. The van der Waals surface area contributed by atoms with Crippen molar-refractivity contribution in [3.05, 3.63) is 0 Å². The van der Waals surface area contributed by atoms with Crippen LogP contribution in [0, 0.1) is 17.8 Å². The molecule has 0 fully saturated rings. The standard InChI is InChI=1S/C20H37N5O6/c1-9(2)7-13(20(30)31)24-17(27)12(8-14(21)26)23-19(29)16(11(5)6)25-18(28)15(22)10(3)4/h9-13,15-16H,7-8,22H2,1-6H3,(H2,21,26)(H,23,29)(H,24,27)(H,25,28)(H,30,31). The minimum absolute atomic E-state index is 0.0173. The van der Waals surface area contributed by atoms with Gasteiger partial charge in [0.15, 0.2) is 0 Å². The van der Waals surface area contributed by atoms with Crippen molar-refractivity contribution in [3.63, 3.8) is 0 Å². The Kier molecular flexibility index (Phi) is 11.8. The van der Waals surface area contributed by atoms with Gasteiger partial charge in [-0.1, -0.05) is 41.5 Å². The van der Waals surface area contributed by atoms with Crippen molar-refractivity contribution >= 4 is 29.6 Å². The third-order valence-electron chi connectivity index (χ3n) is 4.63.